The van der Waals surface area contributed by atoms with Gasteiger partial charge in [0.25, 0.3) is 5.91 Å². The van der Waals surface area contributed by atoms with Gasteiger partial charge in [0.1, 0.15) is 6.04 Å². The summed E-state index contributed by atoms with van der Waals surface area (Å²) in [6.45, 7) is 6.18. The molecule has 152 valence electrons. The summed E-state index contributed by atoms with van der Waals surface area (Å²) in [7, 11) is 1.97. The number of hydrogen-bond acceptors (Lipinski definition) is 4. The minimum atomic E-state index is -0.229. The Morgan fingerprint density at radius 3 is 2.45 bits per heavy atom. The predicted molar refractivity (Wildman–Crippen MR) is 117 cm³/mol. The van der Waals surface area contributed by atoms with Gasteiger partial charge in [0.15, 0.2) is 11.6 Å². The molecule has 3 aromatic rings. The second kappa shape index (κ2) is 9.15. The normalized spacial score (nSPS) is 13.1. The number of para-hydroxylation sites is 2. The van der Waals surface area contributed by atoms with Crippen LogP contribution in [0.4, 0.5) is 5.69 Å². The molecule has 0 aliphatic carbocycles. The van der Waals surface area contributed by atoms with Crippen LogP contribution >= 0.6 is 11.3 Å². The van der Waals surface area contributed by atoms with E-state index in [0.717, 1.165) is 36.9 Å². The molecular formula is C22H27N4O2S+. The van der Waals surface area contributed by atoms with Crippen LogP contribution in [0.1, 0.15) is 29.1 Å². The third-order valence-corrected chi connectivity index (χ3v) is 6.27. The van der Waals surface area contributed by atoms with Gasteiger partial charge in [-0.2, -0.15) is 0 Å². The van der Waals surface area contributed by atoms with Crippen molar-refractivity contribution in [2.24, 2.45) is 0 Å². The van der Waals surface area contributed by atoms with E-state index in [1.165, 1.54) is 0 Å². The van der Waals surface area contributed by atoms with Gasteiger partial charge in [0.2, 0.25) is 5.91 Å². The number of hydrogen-bond donors (Lipinski definition) is 3. The molecule has 0 saturated carbocycles. The minimum absolute atomic E-state index is 0.0462. The summed E-state index contributed by atoms with van der Waals surface area (Å²) in [6, 6.07) is 14.0. The first-order chi connectivity index (χ1) is 13.8. The van der Waals surface area contributed by atoms with Crippen molar-refractivity contribution in [3.63, 3.8) is 0 Å². The fourth-order valence-electron chi connectivity index (χ4n) is 3.13. The number of nitrogens with zero attached hydrogens (tertiary/aromatic N) is 1. The quantitative estimate of drug-likeness (QED) is 0.558. The first-order valence-corrected chi connectivity index (χ1v) is 10.5. The topological polar surface area (TPSA) is 75.5 Å². The van der Waals surface area contributed by atoms with E-state index in [1.807, 2.05) is 57.3 Å². The van der Waals surface area contributed by atoms with Crippen LogP contribution < -0.4 is 15.5 Å². The van der Waals surface area contributed by atoms with Gasteiger partial charge in [0.05, 0.1) is 23.8 Å². The fourth-order valence-corrected chi connectivity index (χ4v) is 4.24. The number of fused-ring (bicyclic) bond motifs is 1. The molecule has 2 atom stereocenters. The summed E-state index contributed by atoms with van der Waals surface area (Å²) in [5.41, 5.74) is 3.79. The highest BCUT2D eigenvalue weighted by atomic mass is 32.1. The molecule has 6 nitrogen and oxygen atoms in total. The van der Waals surface area contributed by atoms with Crippen molar-refractivity contribution < 1.29 is 14.5 Å². The molecule has 0 bridgehead atoms. The van der Waals surface area contributed by atoms with Crippen LogP contribution in [0.3, 0.4) is 0 Å². The first kappa shape index (κ1) is 21.0. The molecule has 0 spiro atoms. The van der Waals surface area contributed by atoms with Crippen LogP contribution in [-0.4, -0.2) is 36.9 Å². The number of carbonyl (C=O) groups is 2. The number of carbonyl (C=O) groups excluding carboxylic acids is 2. The maximum absolute atomic E-state index is 12.3. The first-order valence-electron chi connectivity index (χ1n) is 9.65. The van der Waals surface area contributed by atoms with Crippen molar-refractivity contribution in [2.45, 2.75) is 26.8 Å². The molecule has 0 fully saturated rings. The highest BCUT2D eigenvalue weighted by Gasteiger charge is 2.22. The van der Waals surface area contributed by atoms with Crippen LogP contribution in [0.15, 0.2) is 42.5 Å². The number of rotatable bonds is 7. The Labute approximate surface area is 174 Å². The van der Waals surface area contributed by atoms with Crippen LogP contribution in [0, 0.1) is 13.8 Å². The summed E-state index contributed by atoms with van der Waals surface area (Å²) < 4.78 is 1.15. The second-order valence-corrected chi connectivity index (χ2v) is 8.42. The summed E-state index contributed by atoms with van der Waals surface area (Å²) in [6.07, 6.45) is 0. The fraction of sp³-hybridized carbons (Fsp3) is 0.318. The zero-order valence-corrected chi connectivity index (χ0v) is 18.0. The molecule has 1 aromatic heterocycles. The number of aromatic nitrogens is 1. The zero-order chi connectivity index (χ0) is 21.0. The van der Waals surface area contributed by atoms with Crippen molar-refractivity contribution in [3.05, 3.63) is 58.6 Å². The van der Waals surface area contributed by atoms with Crippen LogP contribution in [0.2, 0.25) is 0 Å². The zero-order valence-electron chi connectivity index (χ0n) is 17.2. The lowest BCUT2D eigenvalue weighted by atomic mass is 10.1. The number of aryl methyl sites for hydroxylation is 2. The molecule has 2 amide bonds. The molecule has 2 aromatic carbocycles. The summed E-state index contributed by atoms with van der Waals surface area (Å²) in [5.74, 6) is -0.389. The highest BCUT2D eigenvalue weighted by Crippen LogP contribution is 2.24. The lowest BCUT2D eigenvalue weighted by Crippen LogP contribution is -3.10. The lowest BCUT2D eigenvalue weighted by Gasteiger charge is -2.19. The third kappa shape index (κ3) is 5.19. The van der Waals surface area contributed by atoms with Crippen molar-refractivity contribution in [2.75, 3.05) is 25.5 Å². The largest absolute Gasteiger partial charge is 0.342 e. The van der Waals surface area contributed by atoms with Crippen LogP contribution in [0.25, 0.3) is 10.2 Å². The van der Waals surface area contributed by atoms with Crippen LogP contribution in [-0.2, 0) is 9.59 Å². The number of quaternary nitrogens is 1. The summed E-state index contributed by atoms with van der Waals surface area (Å²) >= 11 is 1.66. The maximum Gasteiger partial charge on any atom is 0.275 e. The number of benzene rings is 2. The van der Waals surface area contributed by atoms with E-state index in [0.29, 0.717) is 0 Å². The standard InChI is InChI=1S/C22H26N4O2S/c1-14-8-7-9-15(2)21(14)25-19(27)12-23-20(28)13-26(4)16(3)22-24-17-10-5-6-11-18(17)29-22/h5-11,16H,12-13H2,1-4H3,(H,23,28)(H,25,27)/p+1/t16-/m1/s1. The molecule has 0 aliphatic rings. The predicted octanol–water partition coefficient (Wildman–Crippen LogP) is 2.24. The van der Waals surface area contributed by atoms with Gasteiger partial charge < -0.3 is 15.5 Å². The average molecular weight is 412 g/mol. The van der Waals surface area contributed by atoms with E-state index >= 15 is 0 Å². The maximum atomic E-state index is 12.3. The SMILES string of the molecule is Cc1cccc(C)c1NC(=O)CNC(=O)C[NH+](C)[C@H](C)c1nc2ccccc2s1. The van der Waals surface area contributed by atoms with Crippen molar-refractivity contribution in [3.8, 4) is 0 Å². The molecule has 7 heteroatoms. The Morgan fingerprint density at radius 2 is 1.76 bits per heavy atom. The van der Waals surface area contributed by atoms with Crippen molar-refractivity contribution >= 4 is 39.1 Å². The Balaban J connectivity index is 1.51. The van der Waals surface area contributed by atoms with Crippen molar-refractivity contribution in [1.82, 2.24) is 10.3 Å². The number of anilines is 1. The lowest BCUT2D eigenvalue weighted by molar-refractivity contribution is -0.902. The monoisotopic (exact) mass is 411 g/mol. The molecule has 0 aliphatic heterocycles. The van der Waals surface area contributed by atoms with Gasteiger partial charge in [-0.3, -0.25) is 9.59 Å². The number of amides is 2. The molecule has 1 heterocycles. The number of nitrogens with one attached hydrogen (secondary N) is 3. The Kier molecular flexibility index (Phi) is 6.61. The average Bonchev–Trinajstić information content (AvgIpc) is 3.13. The summed E-state index contributed by atoms with van der Waals surface area (Å²) in [4.78, 5) is 30.2. The summed E-state index contributed by atoms with van der Waals surface area (Å²) in [5, 5.41) is 6.60. The van der Waals surface area contributed by atoms with Gasteiger partial charge in [-0.05, 0) is 44.0 Å². The molecular weight excluding hydrogens is 384 g/mol. The molecule has 0 radical (unpaired) electrons. The van der Waals surface area contributed by atoms with Gasteiger partial charge in [-0.1, -0.05) is 30.3 Å². The van der Waals surface area contributed by atoms with E-state index in [4.69, 9.17) is 0 Å². The molecule has 0 saturated heterocycles. The van der Waals surface area contributed by atoms with E-state index in [2.05, 4.69) is 28.6 Å². The van der Waals surface area contributed by atoms with Gasteiger partial charge in [0, 0.05) is 5.69 Å². The third-order valence-electron chi connectivity index (χ3n) is 5.05. The van der Waals surface area contributed by atoms with Gasteiger partial charge >= 0.3 is 0 Å². The van der Waals surface area contributed by atoms with E-state index in [-0.39, 0.29) is 30.9 Å². The highest BCUT2D eigenvalue weighted by molar-refractivity contribution is 7.18. The Bertz CT molecular complexity index is 977. The van der Waals surface area contributed by atoms with E-state index in [1.54, 1.807) is 11.3 Å². The number of likely N-dealkylation sites (N-methyl/N-ethyl adjacent to an activating group) is 1. The molecule has 3 rings (SSSR count). The Hall–Kier alpha value is -2.77. The van der Waals surface area contributed by atoms with E-state index in [9.17, 15) is 9.59 Å². The van der Waals surface area contributed by atoms with Crippen molar-refractivity contribution in [1.29, 1.82) is 0 Å². The molecule has 29 heavy (non-hydrogen) atoms. The minimum Gasteiger partial charge on any atom is -0.342 e. The Morgan fingerprint density at radius 1 is 1.07 bits per heavy atom. The van der Waals surface area contributed by atoms with Gasteiger partial charge in [-0.25, -0.2) is 4.98 Å². The second-order valence-electron chi connectivity index (χ2n) is 7.36. The van der Waals surface area contributed by atoms with Gasteiger partial charge in [-0.15, -0.1) is 11.3 Å². The van der Waals surface area contributed by atoms with E-state index < -0.39 is 0 Å². The number of thiazole rings is 1. The molecule has 3 N–H and O–H groups in total. The molecule has 1 unspecified atom stereocenters. The van der Waals surface area contributed by atoms with Crippen LogP contribution in [0.5, 0.6) is 0 Å². The smallest absolute Gasteiger partial charge is 0.275 e.